The van der Waals surface area contributed by atoms with E-state index in [1.807, 2.05) is 6.07 Å². The molecular weight excluding hydrogens is 207 g/mol. The van der Waals surface area contributed by atoms with Crippen LogP contribution in [0.25, 0.3) is 11.5 Å². The van der Waals surface area contributed by atoms with Crippen molar-refractivity contribution in [1.82, 2.24) is 4.98 Å². The first-order valence-corrected chi connectivity index (χ1v) is 4.80. The molecule has 0 spiro atoms. The smallest absolute Gasteiger partial charge is 0.226 e. The molecule has 0 unspecified atom stereocenters. The van der Waals surface area contributed by atoms with Crippen molar-refractivity contribution in [3.63, 3.8) is 0 Å². The van der Waals surface area contributed by atoms with Crippen molar-refractivity contribution >= 4 is 0 Å². The molecule has 0 aliphatic heterocycles. The molecule has 0 aliphatic rings. The zero-order chi connectivity index (χ0) is 11.5. The first kappa shape index (κ1) is 10.4. The van der Waals surface area contributed by atoms with Crippen LogP contribution in [-0.2, 0) is 6.42 Å². The summed E-state index contributed by atoms with van der Waals surface area (Å²) in [5.41, 5.74) is 1.18. The fourth-order valence-corrected chi connectivity index (χ4v) is 1.41. The fourth-order valence-electron chi connectivity index (χ4n) is 1.41. The lowest BCUT2D eigenvalue weighted by Gasteiger charge is -1.94. The van der Waals surface area contributed by atoms with Gasteiger partial charge in [-0.05, 0) is 25.1 Å². The molecule has 0 atom stereocenters. The van der Waals surface area contributed by atoms with Gasteiger partial charge in [-0.25, -0.2) is 9.37 Å². The van der Waals surface area contributed by atoms with Gasteiger partial charge in [0.05, 0.1) is 18.2 Å². The number of nitriles is 1. The average molecular weight is 216 g/mol. The summed E-state index contributed by atoms with van der Waals surface area (Å²) in [6.45, 7) is 1.74. The highest BCUT2D eigenvalue weighted by Gasteiger charge is 2.11. The van der Waals surface area contributed by atoms with Gasteiger partial charge in [0, 0.05) is 5.56 Å². The zero-order valence-electron chi connectivity index (χ0n) is 8.70. The number of oxazole rings is 1. The number of hydrogen-bond acceptors (Lipinski definition) is 3. The normalized spacial score (nSPS) is 10.1. The number of aryl methyl sites for hydroxylation is 1. The van der Waals surface area contributed by atoms with Gasteiger partial charge < -0.3 is 4.42 Å². The summed E-state index contributed by atoms with van der Waals surface area (Å²) in [7, 11) is 0. The topological polar surface area (TPSA) is 49.8 Å². The molecule has 1 aromatic heterocycles. The van der Waals surface area contributed by atoms with Gasteiger partial charge in [-0.3, -0.25) is 0 Å². The van der Waals surface area contributed by atoms with Gasteiger partial charge in [-0.1, -0.05) is 6.07 Å². The van der Waals surface area contributed by atoms with Crippen LogP contribution >= 0.6 is 0 Å². The average Bonchev–Trinajstić information content (AvgIpc) is 2.61. The standard InChI is InChI=1S/C12H9FN2O/c1-8-11(5-6-14)15-12(16-8)9-3-2-4-10(13)7-9/h2-4,7H,5H2,1H3. The van der Waals surface area contributed by atoms with Crippen molar-refractivity contribution in [2.45, 2.75) is 13.3 Å². The lowest BCUT2D eigenvalue weighted by atomic mass is 10.2. The summed E-state index contributed by atoms with van der Waals surface area (Å²) in [6.07, 6.45) is 0.199. The van der Waals surface area contributed by atoms with Crippen LogP contribution in [0.5, 0.6) is 0 Å². The van der Waals surface area contributed by atoms with Crippen LogP contribution in [-0.4, -0.2) is 4.98 Å². The van der Waals surface area contributed by atoms with Crippen molar-refractivity contribution in [1.29, 1.82) is 5.26 Å². The molecule has 3 nitrogen and oxygen atoms in total. The minimum Gasteiger partial charge on any atom is -0.441 e. The monoisotopic (exact) mass is 216 g/mol. The maximum absolute atomic E-state index is 13.0. The van der Waals surface area contributed by atoms with Crippen LogP contribution in [0, 0.1) is 24.1 Å². The third-order valence-electron chi connectivity index (χ3n) is 2.21. The minimum absolute atomic E-state index is 0.199. The van der Waals surface area contributed by atoms with Crippen molar-refractivity contribution < 1.29 is 8.81 Å². The van der Waals surface area contributed by atoms with E-state index in [9.17, 15) is 4.39 Å². The maximum Gasteiger partial charge on any atom is 0.226 e. The molecule has 80 valence electrons. The van der Waals surface area contributed by atoms with Gasteiger partial charge in [0.1, 0.15) is 11.6 Å². The lowest BCUT2D eigenvalue weighted by Crippen LogP contribution is -1.84. The van der Waals surface area contributed by atoms with Crippen LogP contribution in [0.15, 0.2) is 28.7 Å². The number of halogens is 1. The molecule has 0 amide bonds. The van der Waals surface area contributed by atoms with Crippen molar-refractivity contribution in [2.24, 2.45) is 0 Å². The largest absolute Gasteiger partial charge is 0.441 e. The first-order chi connectivity index (χ1) is 7.70. The number of rotatable bonds is 2. The van der Waals surface area contributed by atoms with Crippen molar-refractivity contribution in [2.75, 3.05) is 0 Å². The summed E-state index contributed by atoms with van der Waals surface area (Å²) in [5.74, 6) is 0.609. The van der Waals surface area contributed by atoms with E-state index in [-0.39, 0.29) is 12.2 Å². The van der Waals surface area contributed by atoms with Gasteiger partial charge in [0.15, 0.2) is 0 Å². The number of hydrogen-bond donors (Lipinski definition) is 0. The molecule has 2 aromatic rings. The van der Waals surface area contributed by atoms with E-state index in [4.69, 9.17) is 9.68 Å². The van der Waals surface area contributed by atoms with E-state index >= 15 is 0 Å². The highest BCUT2D eigenvalue weighted by Crippen LogP contribution is 2.22. The Bertz CT molecular complexity index is 554. The summed E-state index contributed by atoms with van der Waals surface area (Å²) < 4.78 is 18.4. The summed E-state index contributed by atoms with van der Waals surface area (Å²) in [5, 5.41) is 8.58. The highest BCUT2D eigenvalue weighted by molar-refractivity contribution is 5.53. The van der Waals surface area contributed by atoms with Crippen LogP contribution in [0.2, 0.25) is 0 Å². The summed E-state index contributed by atoms with van der Waals surface area (Å²) in [4.78, 5) is 4.16. The Morgan fingerprint density at radius 1 is 1.50 bits per heavy atom. The Kier molecular flexibility index (Phi) is 2.69. The fraction of sp³-hybridized carbons (Fsp3) is 0.167. The van der Waals surface area contributed by atoms with Crippen LogP contribution in [0.1, 0.15) is 11.5 Å². The first-order valence-electron chi connectivity index (χ1n) is 4.80. The zero-order valence-corrected chi connectivity index (χ0v) is 8.70. The summed E-state index contributed by atoms with van der Waals surface area (Å²) >= 11 is 0. The second-order valence-electron chi connectivity index (χ2n) is 3.37. The van der Waals surface area contributed by atoms with E-state index in [0.29, 0.717) is 22.9 Å². The maximum atomic E-state index is 13.0. The van der Waals surface area contributed by atoms with Crippen LogP contribution in [0.3, 0.4) is 0 Å². The molecular formula is C12H9FN2O. The van der Waals surface area contributed by atoms with E-state index in [2.05, 4.69) is 4.98 Å². The Labute approximate surface area is 92.2 Å². The third kappa shape index (κ3) is 1.94. The Balaban J connectivity index is 2.42. The Morgan fingerprint density at radius 3 is 3.00 bits per heavy atom. The summed E-state index contributed by atoms with van der Waals surface area (Å²) in [6, 6.07) is 8.01. The molecule has 0 aliphatic carbocycles. The molecule has 1 aromatic carbocycles. The lowest BCUT2D eigenvalue weighted by molar-refractivity contribution is 0.539. The van der Waals surface area contributed by atoms with E-state index in [1.165, 1.54) is 12.1 Å². The van der Waals surface area contributed by atoms with Crippen molar-refractivity contribution in [3.8, 4) is 17.5 Å². The molecule has 2 rings (SSSR count). The number of nitrogens with zero attached hydrogens (tertiary/aromatic N) is 2. The molecule has 0 radical (unpaired) electrons. The van der Waals surface area contributed by atoms with Gasteiger partial charge in [-0.2, -0.15) is 5.26 Å². The van der Waals surface area contributed by atoms with E-state index in [1.54, 1.807) is 19.1 Å². The molecule has 1 heterocycles. The van der Waals surface area contributed by atoms with Gasteiger partial charge in [0.25, 0.3) is 0 Å². The molecule has 4 heteroatoms. The van der Waals surface area contributed by atoms with Crippen LogP contribution < -0.4 is 0 Å². The van der Waals surface area contributed by atoms with Gasteiger partial charge in [0.2, 0.25) is 5.89 Å². The predicted molar refractivity (Wildman–Crippen MR) is 56.0 cm³/mol. The molecule has 0 N–H and O–H groups in total. The molecule has 0 saturated carbocycles. The van der Waals surface area contributed by atoms with E-state index in [0.717, 1.165) is 0 Å². The second kappa shape index (κ2) is 4.15. The third-order valence-corrected chi connectivity index (χ3v) is 2.21. The van der Waals surface area contributed by atoms with Gasteiger partial charge >= 0.3 is 0 Å². The Morgan fingerprint density at radius 2 is 2.31 bits per heavy atom. The molecule has 0 saturated heterocycles. The molecule has 16 heavy (non-hydrogen) atoms. The van der Waals surface area contributed by atoms with Crippen LogP contribution in [0.4, 0.5) is 4.39 Å². The molecule has 0 bridgehead atoms. The SMILES string of the molecule is Cc1oc(-c2cccc(F)c2)nc1CC#N. The highest BCUT2D eigenvalue weighted by atomic mass is 19.1. The van der Waals surface area contributed by atoms with Gasteiger partial charge in [-0.15, -0.1) is 0 Å². The predicted octanol–water partition coefficient (Wildman–Crippen LogP) is 2.86. The minimum atomic E-state index is -0.338. The quantitative estimate of drug-likeness (QED) is 0.775. The number of aromatic nitrogens is 1. The molecule has 0 fully saturated rings. The number of benzene rings is 1. The second-order valence-corrected chi connectivity index (χ2v) is 3.37. The Hall–Kier alpha value is -2.15. The van der Waals surface area contributed by atoms with Crippen molar-refractivity contribution in [3.05, 3.63) is 41.5 Å². The van der Waals surface area contributed by atoms with E-state index < -0.39 is 0 Å².